The molecule has 17 heavy (non-hydrogen) atoms. The van der Waals surface area contributed by atoms with Crippen LogP contribution in [0.1, 0.15) is 34.8 Å². The maximum Gasteiger partial charge on any atom is 0.335 e. The van der Waals surface area contributed by atoms with Crippen LogP contribution in [0.4, 0.5) is 0 Å². The molecular formula is C13H15NO3. The van der Waals surface area contributed by atoms with Crippen LogP contribution in [-0.2, 0) is 4.79 Å². The summed E-state index contributed by atoms with van der Waals surface area (Å²) in [6, 6.07) is 6.34. The fraction of sp³-hybridized carbons (Fsp3) is 0.385. The second kappa shape index (κ2) is 4.67. The van der Waals surface area contributed by atoms with Gasteiger partial charge < -0.3 is 5.11 Å². The Morgan fingerprint density at radius 1 is 1.35 bits per heavy atom. The first-order chi connectivity index (χ1) is 8.09. The molecule has 1 N–H and O–H groups in total. The number of aromatic carboxylic acids is 1. The van der Waals surface area contributed by atoms with Gasteiger partial charge in [-0.25, -0.2) is 4.79 Å². The first-order valence-corrected chi connectivity index (χ1v) is 5.66. The van der Waals surface area contributed by atoms with Gasteiger partial charge in [0.2, 0.25) is 0 Å². The van der Waals surface area contributed by atoms with Crippen molar-refractivity contribution in [3.05, 3.63) is 35.4 Å². The Hall–Kier alpha value is -1.68. The summed E-state index contributed by atoms with van der Waals surface area (Å²) in [4.78, 5) is 24.6. The number of Topliss-reactive ketones (excluding diaryl/α,β-unsaturated/α-hetero) is 1. The minimum absolute atomic E-state index is 0.210. The molecule has 0 amide bonds. The summed E-state index contributed by atoms with van der Waals surface area (Å²) in [6.45, 7) is 0.900. The molecule has 0 aliphatic carbocycles. The Morgan fingerprint density at radius 3 is 2.53 bits per heavy atom. The summed E-state index contributed by atoms with van der Waals surface area (Å²) >= 11 is 0. The number of ketones is 1. The van der Waals surface area contributed by atoms with Crippen molar-refractivity contribution in [2.75, 3.05) is 13.6 Å². The van der Waals surface area contributed by atoms with Crippen LogP contribution in [0.5, 0.6) is 0 Å². The molecular weight excluding hydrogens is 218 g/mol. The van der Waals surface area contributed by atoms with Gasteiger partial charge in [0.05, 0.1) is 11.6 Å². The van der Waals surface area contributed by atoms with Crippen LogP contribution < -0.4 is 0 Å². The van der Waals surface area contributed by atoms with Crippen LogP contribution in [0.2, 0.25) is 0 Å². The SMILES string of the molecule is CN1CCCC(=O)C1c1ccc(C(=O)O)cc1. The number of hydrogen-bond donors (Lipinski definition) is 1. The highest BCUT2D eigenvalue weighted by Gasteiger charge is 2.28. The number of carboxylic acid groups (broad SMARTS) is 1. The zero-order chi connectivity index (χ0) is 12.4. The van der Waals surface area contributed by atoms with E-state index in [1.54, 1.807) is 24.3 Å². The summed E-state index contributed by atoms with van der Waals surface area (Å²) in [6.07, 6.45) is 1.51. The van der Waals surface area contributed by atoms with Crippen molar-refractivity contribution in [3.63, 3.8) is 0 Å². The Balaban J connectivity index is 2.26. The largest absolute Gasteiger partial charge is 0.478 e. The molecule has 1 aliphatic heterocycles. The molecule has 0 aromatic heterocycles. The monoisotopic (exact) mass is 233 g/mol. The smallest absolute Gasteiger partial charge is 0.335 e. The zero-order valence-corrected chi connectivity index (χ0v) is 9.72. The van der Waals surface area contributed by atoms with Crippen LogP contribution in [0.25, 0.3) is 0 Å². The van der Waals surface area contributed by atoms with Gasteiger partial charge in [-0.1, -0.05) is 12.1 Å². The zero-order valence-electron chi connectivity index (χ0n) is 9.72. The molecule has 2 rings (SSSR count). The fourth-order valence-electron chi connectivity index (χ4n) is 2.26. The molecule has 4 nitrogen and oxygen atoms in total. The highest BCUT2D eigenvalue weighted by Crippen LogP contribution is 2.26. The van der Waals surface area contributed by atoms with E-state index in [2.05, 4.69) is 0 Å². The van der Waals surface area contributed by atoms with Crippen molar-refractivity contribution in [3.8, 4) is 0 Å². The van der Waals surface area contributed by atoms with Gasteiger partial charge in [-0.3, -0.25) is 9.69 Å². The van der Waals surface area contributed by atoms with Crippen molar-refractivity contribution >= 4 is 11.8 Å². The van der Waals surface area contributed by atoms with Gasteiger partial charge in [0.25, 0.3) is 0 Å². The van der Waals surface area contributed by atoms with Crippen LogP contribution in [0.15, 0.2) is 24.3 Å². The molecule has 1 saturated heterocycles. The predicted octanol–water partition coefficient (Wildman–Crippen LogP) is 1.72. The molecule has 1 atom stereocenters. The number of piperidine rings is 1. The first kappa shape index (κ1) is 11.8. The molecule has 1 aliphatic rings. The van der Waals surface area contributed by atoms with Crippen LogP contribution >= 0.6 is 0 Å². The molecule has 1 fully saturated rings. The summed E-state index contributed by atoms with van der Waals surface area (Å²) in [5.74, 6) is -0.735. The van der Waals surface area contributed by atoms with Gasteiger partial charge in [-0.15, -0.1) is 0 Å². The molecule has 4 heteroatoms. The number of carboxylic acids is 1. The van der Waals surface area contributed by atoms with Gasteiger partial charge in [-0.05, 0) is 37.7 Å². The quantitative estimate of drug-likeness (QED) is 0.845. The van der Waals surface area contributed by atoms with Crippen LogP contribution in [0.3, 0.4) is 0 Å². The first-order valence-electron chi connectivity index (χ1n) is 5.66. The molecule has 0 spiro atoms. The Kier molecular flexibility index (Phi) is 3.24. The molecule has 0 bridgehead atoms. The van der Waals surface area contributed by atoms with Gasteiger partial charge in [-0.2, -0.15) is 0 Å². The van der Waals surface area contributed by atoms with E-state index in [1.165, 1.54) is 0 Å². The lowest BCUT2D eigenvalue weighted by atomic mass is 9.94. The van der Waals surface area contributed by atoms with Crippen molar-refractivity contribution in [2.45, 2.75) is 18.9 Å². The minimum Gasteiger partial charge on any atom is -0.478 e. The van der Waals surface area contributed by atoms with E-state index in [1.807, 2.05) is 11.9 Å². The molecule has 1 aromatic carbocycles. The number of hydrogen-bond acceptors (Lipinski definition) is 3. The van der Waals surface area contributed by atoms with Gasteiger partial charge in [0.15, 0.2) is 5.78 Å². The maximum absolute atomic E-state index is 11.9. The Labute approximate surface area is 99.9 Å². The Bertz CT molecular complexity index is 438. The second-order valence-electron chi connectivity index (χ2n) is 4.38. The van der Waals surface area contributed by atoms with E-state index in [4.69, 9.17) is 5.11 Å². The second-order valence-corrected chi connectivity index (χ2v) is 4.38. The lowest BCUT2D eigenvalue weighted by Gasteiger charge is -2.31. The third-order valence-corrected chi connectivity index (χ3v) is 3.15. The summed E-state index contributed by atoms with van der Waals surface area (Å²) in [5.41, 5.74) is 1.13. The predicted molar refractivity (Wildman–Crippen MR) is 63.0 cm³/mol. The average Bonchev–Trinajstić information content (AvgIpc) is 2.29. The van der Waals surface area contributed by atoms with Gasteiger partial charge in [0.1, 0.15) is 0 Å². The van der Waals surface area contributed by atoms with Gasteiger partial charge in [0, 0.05) is 6.42 Å². The van der Waals surface area contributed by atoms with Crippen molar-refractivity contribution in [1.82, 2.24) is 4.90 Å². The molecule has 1 aromatic rings. The van der Waals surface area contributed by atoms with E-state index in [-0.39, 0.29) is 17.4 Å². The minimum atomic E-state index is -0.945. The van der Waals surface area contributed by atoms with E-state index in [0.717, 1.165) is 18.5 Å². The van der Waals surface area contributed by atoms with Crippen LogP contribution in [0, 0.1) is 0 Å². The molecule has 1 heterocycles. The highest BCUT2D eigenvalue weighted by molar-refractivity contribution is 5.89. The number of rotatable bonds is 2. The number of likely N-dealkylation sites (N-methyl/N-ethyl adjacent to an activating group) is 1. The average molecular weight is 233 g/mol. The lowest BCUT2D eigenvalue weighted by molar-refractivity contribution is -0.126. The third kappa shape index (κ3) is 2.36. The molecule has 1 unspecified atom stereocenters. The molecule has 90 valence electrons. The summed E-state index contributed by atoms with van der Waals surface area (Å²) < 4.78 is 0. The fourth-order valence-corrected chi connectivity index (χ4v) is 2.26. The molecule has 0 radical (unpaired) electrons. The van der Waals surface area contributed by atoms with E-state index in [0.29, 0.717) is 6.42 Å². The molecule has 0 saturated carbocycles. The summed E-state index contributed by atoms with van der Waals surface area (Å²) in [5, 5.41) is 8.81. The Morgan fingerprint density at radius 2 is 2.00 bits per heavy atom. The number of benzene rings is 1. The summed E-state index contributed by atoms with van der Waals surface area (Å²) in [7, 11) is 1.92. The van der Waals surface area contributed by atoms with E-state index < -0.39 is 5.97 Å². The number of likely N-dealkylation sites (tertiary alicyclic amines) is 1. The van der Waals surface area contributed by atoms with Crippen molar-refractivity contribution in [1.29, 1.82) is 0 Å². The van der Waals surface area contributed by atoms with Gasteiger partial charge >= 0.3 is 5.97 Å². The topological polar surface area (TPSA) is 57.6 Å². The van der Waals surface area contributed by atoms with Crippen LogP contribution in [-0.4, -0.2) is 35.4 Å². The van der Waals surface area contributed by atoms with E-state index >= 15 is 0 Å². The maximum atomic E-state index is 11.9. The highest BCUT2D eigenvalue weighted by atomic mass is 16.4. The van der Waals surface area contributed by atoms with Crippen molar-refractivity contribution < 1.29 is 14.7 Å². The third-order valence-electron chi connectivity index (χ3n) is 3.15. The number of nitrogens with zero attached hydrogens (tertiary/aromatic N) is 1. The lowest BCUT2D eigenvalue weighted by Crippen LogP contribution is -2.36. The van der Waals surface area contributed by atoms with Crippen molar-refractivity contribution in [2.24, 2.45) is 0 Å². The van der Waals surface area contributed by atoms with E-state index in [9.17, 15) is 9.59 Å². The standard InChI is InChI=1S/C13H15NO3/c1-14-8-2-3-11(15)12(14)9-4-6-10(7-5-9)13(16)17/h4-7,12H,2-3,8H2,1H3,(H,16,17). The normalized spacial score (nSPS) is 21.5. The number of carbonyl (C=O) groups is 2. The number of carbonyl (C=O) groups excluding carboxylic acids is 1.